The van der Waals surface area contributed by atoms with Gasteiger partial charge in [0.1, 0.15) is 0 Å². The highest BCUT2D eigenvalue weighted by molar-refractivity contribution is 7.86. The minimum absolute atomic E-state index is 0.184. The Morgan fingerprint density at radius 1 is 1.11 bits per heavy atom. The minimum atomic E-state index is -4.22. The van der Waals surface area contributed by atoms with Crippen molar-refractivity contribution in [2.24, 2.45) is 17.8 Å². The SMILES string of the molecule is O=C(CS(=O)(=O)O)NC12CC3CC(CC(C3)C1)C2. The van der Waals surface area contributed by atoms with E-state index in [0.29, 0.717) is 17.8 Å². The van der Waals surface area contributed by atoms with Crippen LogP contribution in [0.2, 0.25) is 0 Å². The second-order valence-electron chi connectivity index (χ2n) is 6.47. The maximum atomic E-state index is 11.7. The molecule has 6 heteroatoms. The Morgan fingerprint density at radius 3 is 1.94 bits per heavy atom. The van der Waals surface area contributed by atoms with Gasteiger partial charge >= 0.3 is 0 Å². The summed E-state index contributed by atoms with van der Waals surface area (Å²) in [5.41, 5.74) is -0.184. The van der Waals surface area contributed by atoms with Crippen LogP contribution in [0.5, 0.6) is 0 Å². The van der Waals surface area contributed by atoms with Gasteiger partial charge in [0.15, 0.2) is 5.75 Å². The molecule has 102 valence electrons. The number of hydrogen-bond donors (Lipinski definition) is 2. The Labute approximate surface area is 107 Å². The monoisotopic (exact) mass is 273 g/mol. The largest absolute Gasteiger partial charge is 0.350 e. The fraction of sp³-hybridized carbons (Fsp3) is 0.917. The molecule has 0 aromatic rings. The van der Waals surface area contributed by atoms with Gasteiger partial charge in [-0.05, 0) is 56.3 Å². The molecular weight excluding hydrogens is 254 g/mol. The van der Waals surface area contributed by atoms with Gasteiger partial charge in [-0.25, -0.2) is 0 Å². The molecule has 0 aliphatic heterocycles. The van der Waals surface area contributed by atoms with Crippen LogP contribution >= 0.6 is 0 Å². The molecule has 0 atom stereocenters. The molecular formula is C12H19NO4S. The standard InChI is InChI=1S/C12H19NO4S/c14-11(7-18(15,16)17)13-12-4-8-1-9(5-12)3-10(2-8)6-12/h8-10H,1-7H2,(H,13,14)(H,15,16,17). The number of amides is 1. The summed E-state index contributed by atoms with van der Waals surface area (Å²) in [6.45, 7) is 0. The van der Waals surface area contributed by atoms with Crippen molar-refractivity contribution in [1.82, 2.24) is 5.32 Å². The van der Waals surface area contributed by atoms with Gasteiger partial charge in [-0.1, -0.05) is 0 Å². The molecule has 2 N–H and O–H groups in total. The molecule has 0 radical (unpaired) electrons. The highest BCUT2D eigenvalue weighted by Gasteiger charge is 2.51. The van der Waals surface area contributed by atoms with E-state index >= 15 is 0 Å². The molecule has 0 spiro atoms. The third-order valence-electron chi connectivity index (χ3n) is 4.76. The first-order valence-electron chi connectivity index (χ1n) is 6.60. The van der Waals surface area contributed by atoms with Crippen molar-refractivity contribution < 1.29 is 17.8 Å². The highest BCUT2D eigenvalue weighted by atomic mass is 32.2. The summed E-state index contributed by atoms with van der Waals surface area (Å²) in [6.07, 6.45) is 6.76. The van der Waals surface area contributed by atoms with E-state index in [0.717, 1.165) is 19.3 Å². The quantitative estimate of drug-likeness (QED) is 0.750. The van der Waals surface area contributed by atoms with Gasteiger partial charge in [-0.2, -0.15) is 8.42 Å². The molecule has 4 saturated carbocycles. The fourth-order valence-electron chi connectivity index (χ4n) is 4.76. The molecule has 0 unspecified atom stereocenters. The lowest BCUT2D eigenvalue weighted by atomic mass is 9.53. The predicted molar refractivity (Wildman–Crippen MR) is 65.5 cm³/mol. The van der Waals surface area contributed by atoms with E-state index in [1.165, 1.54) is 19.3 Å². The summed E-state index contributed by atoms with van der Waals surface area (Å²) >= 11 is 0. The van der Waals surface area contributed by atoms with Crippen molar-refractivity contribution in [3.05, 3.63) is 0 Å². The van der Waals surface area contributed by atoms with Crippen LogP contribution in [0.15, 0.2) is 0 Å². The van der Waals surface area contributed by atoms with E-state index in [1.54, 1.807) is 0 Å². The van der Waals surface area contributed by atoms with Gasteiger partial charge < -0.3 is 5.32 Å². The summed E-state index contributed by atoms with van der Waals surface area (Å²) in [7, 11) is -4.22. The maximum Gasteiger partial charge on any atom is 0.274 e. The van der Waals surface area contributed by atoms with Crippen molar-refractivity contribution in [2.75, 3.05) is 5.75 Å². The Kier molecular flexibility index (Phi) is 2.71. The topological polar surface area (TPSA) is 83.5 Å². The van der Waals surface area contributed by atoms with Crippen LogP contribution in [0.3, 0.4) is 0 Å². The molecule has 1 amide bonds. The normalized spacial score (nSPS) is 41.9. The van der Waals surface area contributed by atoms with Crippen LogP contribution in [-0.4, -0.2) is 30.2 Å². The van der Waals surface area contributed by atoms with Crippen LogP contribution in [0, 0.1) is 17.8 Å². The summed E-state index contributed by atoms with van der Waals surface area (Å²) in [5.74, 6) is 0.723. The predicted octanol–water partition coefficient (Wildman–Crippen LogP) is 0.959. The molecule has 4 aliphatic carbocycles. The van der Waals surface area contributed by atoms with E-state index in [2.05, 4.69) is 5.32 Å². The van der Waals surface area contributed by atoms with Crippen molar-refractivity contribution in [2.45, 2.75) is 44.1 Å². The first kappa shape index (κ1) is 12.4. The Bertz CT molecular complexity index is 435. The molecule has 18 heavy (non-hydrogen) atoms. The first-order valence-corrected chi connectivity index (χ1v) is 8.21. The van der Waals surface area contributed by atoms with Crippen LogP contribution < -0.4 is 5.32 Å². The second-order valence-corrected chi connectivity index (χ2v) is 7.92. The number of carbonyl (C=O) groups is 1. The fourth-order valence-corrected chi connectivity index (χ4v) is 5.16. The van der Waals surface area contributed by atoms with Crippen molar-refractivity contribution >= 4 is 16.0 Å². The minimum Gasteiger partial charge on any atom is -0.350 e. The average molecular weight is 273 g/mol. The van der Waals surface area contributed by atoms with Gasteiger partial charge in [-0.15, -0.1) is 0 Å². The number of hydrogen-bond acceptors (Lipinski definition) is 3. The average Bonchev–Trinajstić information content (AvgIpc) is 2.09. The molecule has 4 aliphatic rings. The molecule has 0 heterocycles. The van der Waals surface area contributed by atoms with Crippen LogP contribution in [0.4, 0.5) is 0 Å². The van der Waals surface area contributed by atoms with Crippen molar-refractivity contribution in [3.8, 4) is 0 Å². The Hall–Kier alpha value is -0.620. The van der Waals surface area contributed by atoms with E-state index in [4.69, 9.17) is 4.55 Å². The van der Waals surface area contributed by atoms with Gasteiger partial charge in [0.2, 0.25) is 5.91 Å². The molecule has 0 saturated heterocycles. The Balaban J connectivity index is 1.71. The highest BCUT2D eigenvalue weighted by Crippen LogP contribution is 2.55. The molecule has 4 rings (SSSR count). The van der Waals surface area contributed by atoms with Gasteiger partial charge in [-0.3, -0.25) is 9.35 Å². The number of carbonyl (C=O) groups excluding carboxylic acids is 1. The maximum absolute atomic E-state index is 11.7. The molecule has 5 nitrogen and oxygen atoms in total. The zero-order valence-electron chi connectivity index (χ0n) is 10.3. The molecule has 0 aromatic heterocycles. The zero-order valence-corrected chi connectivity index (χ0v) is 11.1. The zero-order chi connectivity index (χ0) is 13.0. The van der Waals surface area contributed by atoms with E-state index in [9.17, 15) is 13.2 Å². The smallest absolute Gasteiger partial charge is 0.274 e. The van der Waals surface area contributed by atoms with E-state index < -0.39 is 21.8 Å². The van der Waals surface area contributed by atoms with Gasteiger partial charge in [0.25, 0.3) is 10.1 Å². The van der Waals surface area contributed by atoms with E-state index in [-0.39, 0.29) is 5.54 Å². The third kappa shape index (κ3) is 2.40. The van der Waals surface area contributed by atoms with E-state index in [1.807, 2.05) is 0 Å². The lowest BCUT2D eigenvalue weighted by molar-refractivity contribution is -0.124. The number of rotatable bonds is 3. The first-order chi connectivity index (χ1) is 8.34. The molecule has 4 bridgehead atoms. The van der Waals surface area contributed by atoms with Crippen LogP contribution in [0.25, 0.3) is 0 Å². The lowest BCUT2D eigenvalue weighted by Crippen LogP contribution is -2.60. The van der Waals surface area contributed by atoms with Crippen LogP contribution in [-0.2, 0) is 14.9 Å². The summed E-state index contributed by atoms with van der Waals surface area (Å²) in [6, 6.07) is 0. The number of nitrogens with one attached hydrogen (secondary N) is 1. The van der Waals surface area contributed by atoms with Crippen LogP contribution in [0.1, 0.15) is 38.5 Å². The van der Waals surface area contributed by atoms with Crippen molar-refractivity contribution in [3.63, 3.8) is 0 Å². The molecule has 4 fully saturated rings. The van der Waals surface area contributed by atoms with Gasteiger partial charge in [0, 0.05) is 5.54 Å². The summed E-state index contributed by atoms with van der Waals surface area (Å²) in [4.78, 5) is 11.7. The second kappa shape index (κ2) is 3.93. The lowest BCUT2D eigenvalue weighted by Gasteiger charge is -2.56. The molecule has 0 aromatic carbocycles. The van der Waals surface area contributed by atoms with Gasteiger partial charge in [0.05, 0.1) is 0 Å². The summed E-state index contributed by atoms with van der Waals surface area (Å²) < 4.78 is 30.2. The third-order valence-corrected chi connectivity index (χ3v) is 5.38. The Morgan fingerprint density at radius 2 is 1.56 bits per heavy atom. The van der Waals surface area contributed by atoms with Crippen molar-refractivity contribution in [1.29, 1.82) is 0 Å². The summed E-state index contributed by atoms with van der Waals surface area (Å²) in [5, 5.41) is 2.90.